The van der Waals surface area contributed by atoms with Gasteiger partial charge in [0.15, 0.2) is 0 Å². The van der Waals surface area contributed by atoms with Crippen molar-refractivity contribution in [3.8, 4) is 0 Å². The molecule has 1 aliphatic rings. The largest absolute Gasteiger partial charge is 0.385 e. The summed E-state index contributed by atoms with van der Waals surface area (Å²) in [5.41, 5.74) is 3.06. The van der Waals surface area contributed by atoms with Gasteiger partial charge >= 0.3 is 0 Å². The van der Waals surface area contributed by atoms with Crippen molar-refractivity contribution in [2.24, 2.45) is 5.41 Å². The number of ether oxygens (including phenoxy) is 1. The summed E-state index contributed by atoms with van der Waals surface area (Å²) in [5, 5.41) is 7.14. The number of methoxy groups -OCH3 is 1. The molecule has 112 valence electrons. The summed E-state index contributed by atoms with van der Waals surface area (Å²) in [7, 11) is 1.77. The lowest BCUT2D eigenvalue weighted by atomic mass is 9.88. The van der Waals surface area contributed by atoms with E-state index in [9.17, 15) is 0 Å². The SMILES string of the molecule is COCCC(C)(C)CNCC1CCNc2ccccc21. The Morgan fingerprint density at radius 3 is 2.95 bits per heavy atom. The lowest BCUT2D eigenvalue weighted by Gasteiger charge is -2.29. The highest BCUT2D eigenvalue weighted by atomic mass is 16.5. The fourth-order valence-electron chi connectivity index (χ4n) is 2.81. The van der Waals surface area contributed by atoms with Crippen LogP contribution < -0.4 is 10.6 Å². The molecule has 1 aromatic carbocycles. The average molecular weight is 276 g/mol. The molecule has 1 heterocycles. The molecule has 0 saturated carbocycles. The Morgan fingerprint density at radius 1 is 1.35 bits per heavy atom. The van der Waals surface area contributed by atoms with E-state index in [1.165, 1.54) is 17.7 Å². The van der Waals surface area contributed by atoms with Gasteiger partial charge < -0.3 is 15.4 Å². The van der Waals surface area contributed by atoms with Crippen LogP contribution in [0.4, 0.5) is 5.69 Å². The molecule has 0 aliphatic carbocycles. The van der Waals surface area contributed by atoms with Gasteiger partial charge in [-0.2, -0.15) is 0 Å². The molecule has 0 radical (unpaired) electrons. The summed E-state index contributed by atoms with van der Waals surface area (Å²) in [5.74, 6) is 0.630. The molecule has 3 nitrogen and oxygen atoms in total. The van der Waals surface area contributed by atoms with E-state index in [2.05, 4.69) is 48.7 Å². The Labute approximate surface area is 123 Å². The average Bonchev–Trinajstić information content (AvgIpc) is 2.45. The molecule has 0 amide bonds. The van der Waals surface area contributed by atoms with Crippen LogP contribution in [0.2, 0.25) is 0 Å². The highest BCUT2D eigenvalue weighted by molar-refractivity contribution is 5.54. The van der Waals surface area contributed by atoms with Crippen LogP contribution in [0.15, 0.2) is 24.3 Å². The molecule has 3 heteroatoms. The van der Waals surface area contributed by atoms with Crippen LogP contribution in [0, 0.1) is 5.41 Å². The van der Waals surface area contributed by atoms with E-state index in [0.29, 0.717) is 11.3 Å². The zero-order chi connectivity index (χ0) is 14.4. The quantitative estimate of drug-likeness (QED) is 0.802. The van der Waals surface area contributed by atoms with Gasteiger partial charge in [-0.25, -0.2) is 0 Å². The van der Waals surface area contributed by atoms with E-state index in [4.69, 9.17) is 4.74 Å². The second-order valence-electron chi connectivity index (χ2n) is 6.54. The Kier molecular flexibility index (Phi) is 5.44. The molecule has 1 aromatic rings. The minimum Gasteiger partial charge on any atom is -0.385 e. The lowest BCUT2D eigenvalue weighted by Crippen LogP contribution is -2.34. The van der Waals surface area contributed by atoms with Gasteiger partial charge in [0.05, 0.1) is 0 Å². The van der Waals surface area contributed by atoms with Crippen molar-refractivity contribution in [2.75, 3.05) is 38.7 Å². The monoisotopic (exact) mass is 276 g/mol. The van der Waals surface area contributed by atoms with Crippen molar-refractivity contribution >= 4 is 5.69 Å². The maximum Gasteiger partial charge on any atom is 0.0467 e. The first kappa shape index (κ1) is 15.3. The first-order valence-electron chi connectivity index (χ1n) is 7.65. The minimum atomic E-state index is 0.294. The number of anilines is 1. The summed E-state index contributed by atoms with van der Waals surface area (Å²) in [4.78, 5) is 0. The zero-order valence-corrected chi connectivity index (χ0v) is 13.0. The smallest absolute Gasteiger partial charge is 0.0467 e. The van der Waals surface area contributed by atoms with E-state index in [0.717, 1.165) is 32.7 Å². The van der Waals surface area contributed by atoms with Crippen molar-refractivity contribution < 1.29 is 4.74 Å². The topological polar surface area (TPSA) is 33.3 Å². The van der Waals surface area contributed by atoms with E-state index in [1.54, 1.807) is 7.11 Å². The zero-order valence-electron chi connectivity index (χ0n) is 13.0. The van der Waals surface area contributed by atoms with Gasteiger partial charge in [-0.15, -0.1) is 0 Å². The summed E-state index contributed by atoms with van der Waals surface area (Å²) in [6, 6.07) is 8.69. The molecule has 0 spiro atoms. The molecule has 1 unspecified atom stereocenters. The van der Waals surface area contributed by atoms with Crippen LogP contribution in [0.5, 0.6) is 0 Å². The Morgan fingerprint density at radius 2 is 2.15 bits per heavy atom. The van der Waals surface area contributed by atoms with Gasteiger partial charge in [0.2, 0.25) is 0 Å². The van der Waals surface area contributed by atoms with Crippen molar-refractivity contribution in [1.82, 2.24) is 5.32 Å². The van der Waals surface area contributed by atoms with Crippen LogP contribution in [0.25, 0.3) is 0 Å². The highest BCUT2D eigenvalue weighted by Gasteiger charge is 2.21. The first-order valence-corrected chi connectivity index (χ1v) is 7.65. The van der Waals surface area contributed by atoms with E-state index < -0.39 is 0 Å². The number of hydrogen-bond acceptors (Lipinski definition) is 3. The molecule has 1 aliphatic heterocycles. The number of rotatable bonds is 7. The number of nitrogens with one attached hydrogen (secondary N) is 2. The van der Waals surface area contributed by atoms with Crippen molar-refractivity contribution in [2.45, 2.75) is 32.6 Å². The number of fused-ring (bicyclic) bond motifs is 1. The summed E-state index contributed by atoms with van der Waals surface area (Å²) >= 11 is 0. The molecule has 0 bridgehead atoms. The van der Waals surface area contributed by atoms with Crippen LogP contribution in [0.3, 0.4) is 0 Å². The fraction of sp³-hybridized carbons (Fsp3) is 0.647. The van der Waals surface area contributed by atoms with Gasteiger partial charge in [-0.05, 0) is 29.9 Å². The molecule has 0 aromatic heterocycles. The van der Waals surface area contributed by atoms with Crippen LogP contribution in [-0.2, 0) is 4.74 Å². The predicted octanol–water partition coefficient (Wildman–Crippen LogP) is 3.24. The Hall–Kier alpha value is -1.06. The van der Waals surface area contributed by atoms with Crippen LogP contribution in [-0.4, -0.2) is 33.4 Å². The van der Waals surface area contributed by atoms with Crippen molar-refractivity contribution in [3.05, 3.63) is 29.8 Å². The van der Waals surface area contributed by atoms with E-state index in [1.807, 2.05) is 0 Å². The summed E-state index contributed by atoms with van der Waals surface area (Å²) in [6.45, 7) is 8.63. The third-order valence-corrected chi connectivity index (χ3v) is 4.19. The molecular weight excluding hydrogens is 248 g/mol. The molecular formula is C17H28N2O. The minimum absolute atomic E-state index is 0.294. The molecule has 20 heavy (non-hydrogen) atoms. The third kappa shape index (κ3) is 4.22. The molecule has 2 rings (SSSR count). The summed E-state index contributed by atoms with van der Waals surface area (Å²) < 4.78 is 5.18. The van der Waals surface area contributed by atoms with E-state index >= 15 is 0 Å². The van der Waals surface area contributed by atoms with Gasteiger partial charge in [0, 0.05) is 45.0 Å². The standard InChI is InChI=1S/C17H28N2O/c1-17(2,9-11-20-3)13-18-12-14-8-10-19-16-7-5-4-6-15(14)16/h4-7,14,18-19H,8-13H2,1-3H3. The molecule has 2 N–H and O–H groups in total. The van der Waals surface area contributed by atoms with Crippen LogP contribution >= 0.6 is 0 Å². The predicted molar refractivity (Wildman–Crippen MR) is 85.4 cm³/mol. The summed E-state index contributed by atoms with van der Waals surface area (Å²) in [6.07, 6.45) is 2.31. The fourth-order valence-corrected chi connectivity index (χ4v) is 2.81. The second-order valence-corrected chi connectivity index (χ2v) is 6.54. The first-order chi connectivity index (χ1) is 9.62. The number of benzene rings is 1. The van der Waals surface area contributed by atoms with Gasteiger partial charge in [-0.3, -0.25) is 0 Å². The molecule has 0 fully saturated rings. The van der Waals surface area contributed by atoms with Gasteiger partial charge in [0.25, 0.3) is 0 Å². The highest BCUT2D eigenvalue weighted by Crippen LogP contribution is 2.30. The van der Waals surface area contributed by atoms with Crippen molar-refractivity contribution in [1.29, 1.82) is 0 Å². The molecule has 1 atom stereocenters. The normalized spacial score (nSPS) is 18.4. The lowest BCUT2D eigenvalue weighted by molar-refractivity contribution is 0.150. The van der Waals surface area contributed by atoms with Gasteiger partial charge in [-0.1, -0.05) is 32.0 Å². The van der Waals surface area contributed by atoms with Gasteiger partial charge in [0.1, 0.15) is 0 Å². The van der Waals surface area contributed by atoms with Crippen LogP contribution in [0.1, 0.15) is 38.2 Å². The Balaban J connectivity index is 1.83. The number of hydrogen-bond donors (Lipinski definition) is 2. The Bertz CT molecular complexity index is 417. The third-order valence-electron chi connectivity index (χ3n) is 4.19. The van der Waals surface area contributed by atoms with Crippen molar-refractivity contribution in [3.63, 3.8) is 0 Å². The second kappa shape index (κ2) is 7.09. The molecule has 0 saturated heterocycles. The maximum absolute atomic E-state index is 5.18. The maximum atomic E-state index is 5.18. The van der Waals surface area contributed by atoms with E-state index in [-0.39, 0.29) is 0 Å². The number of para-hydroxylation sites is 1.